The highest BCUT2D eigenvalue weighted by Gasteiger charge is 2.41. The van der Waals surface area contributed by atoms with Crippen molar-refractivity contribution in [2.45, 2.75) is 45.2 Å². The second-order valence-electron chi connectivity index (χ2n) is 5.24. The van der Waals surface area contributed by atoms with Gasteiger partial charge in [0.05, 0.1) is 12.3 Å². The Morgan fingerprint density at radius 2 is 2.10 bits per heavy atom. The van der Waals surface area contributed by atoms with E-state index in [9.17, 15) is 14.4 Å². The topological polar surface area (TPSA) is 66.5 Å². The van der Waals surface area contributed by atoms with Crippen molar-refractivity contribution in [2.24, 2.45) is 0 Å². The molecule has 3 amide bonds. The molecule has 0 aliphatic carbocycles. The molecule has 1 aliphatic heterocycles. The van der Waals surface area contributed by atoms with Crippen LogP contribution < -0.4 is 5.32 Å². The molecule has 1 aliphatic rings. The van der Waals surface area contributed by atoms with E-state index in [0.717, 1.165) is 5.56 Å². The molecule has 20 heavy (non-hydrogen) atoms. The summed E-state index contributed by atoms with van der Waals surface area (Å²) in [6.07, 6.45) is 0.0547. The molecular weight excluding hydrogens is 276 g/mol. The lowest BCUT2D eigenvalue weighted by Crippen LogP contribution is -2.44. The van der Waals surface area contributed by atoms with E-state index in [1.165, 1.54) is 16.2 Å². The van der Waals surface area contributed by atoms with Crippen LogP contribution in [0.25, 0.3) is 0 Å². The van der Waals surface area contributed by atoms with E-state index in [1.807, 2.05) is 16.8 Å². The minimum Gasteiger partial charge on any atom is -0.343 e. The third-order valence-electron chi connectivity index (χ3n) is 3.45. The zero-order valence-corrected chi connectivity index (χ0v) is 12.6. The van der Waals surface area contributed by atoms with Crippen LogP contribution in [0, 0.1) is 0 Å². The maximum Gasteiger partial charge on any atom is 0.252 e. The fourth-order valence-electron chi connectivity index (χ4n) is 2.28. The van der Waals surface area contributed by atoms with E-state index in [-0.39, 0.29) is 36.1 Å². The van der Waals surface area contributed by atoms with E-state index in [0.29, 0.717) is 0 Å². The lowest BCUT2D eigenvalue weighted by molar-refractivity contribution is -0.141. The fraction of sp³-hybridized carbons (Fsp3) is 0.500. The highest BCUT2D eigenvalue weighted by atomic mass is 32.1. The smallest absolute Gasteiger partial charge is 0.252 e. The molecule has 0 bridgehead atoms. The molecule has 0 spiro atoms. The zero-order chi connectivity index (χ0) is 14.9. The Balaban J connectivity index is 2.02. The van der Waals surface area contributed by atoms with Crippen molar-refractivity contribution in [1.29, 1.82) is 0 Å². The summed E-state index contributed by atoms with van der Waals surface area (Å²) in [5.41, 5.74) is 0.921. The van der Waals surface area contributed by atoms with E-state index in [4.69, 9.17) is 0 Å². The summed E-state index contributed by atoms with van der Waals surface area (Å²) in [4.78, 5) is 37.2. The predicted octanol–water partition coefficient (Wildman–Crippen LogP) is 1.50. The zero-order valence-electron chi connectivity index (χ0n) is 11.8. The Morgan fingerprint density at radius 1 is 1.40 bits per heavy atom. The molecule has 6 heteroatoms. The lowest BCUT2D eigenvalue weighted by Gasteiger charge is -2.19. The van der Waals surface area contributed by atoms with Gasteiger partial charge in [0.25, 0.3) is 5.91 Å². The summed E-state index contributed by atoms with van der Waals surface area (Å²) in [7, 11) is 0. The van der Waals surface area contributed by atoms with Crippen LogP contribution in [0.15, 0.2) is 16.8 Å². The Kier molecular flexibility index (Phi) is 4.23. The van der Waals surface area contributed by atoms with Gasteiger partial charge < -0.3 is 5.32 Å². The number of nitrogens with zero attached hydrogens (tertiary/aromatic N) is 1. The Bertz CT molecular complexity index is 525. The number of likely N-dealkylation sites (tertiary alicyclic amines) is 1. The fourth-order valence-corrected chi connectivity index (χ4v) is 3.03. The van der Waals surface area contributed by atoms with Crippen LogP contribution in [0.4, 0.5) is 0 Å². The van der Waals surface area contributed by atoms with Crippen molar-refractivity contribution in [3.63, 3.8) is 0 Å². The Morgan fingerprint density at radius 3 is 2.60 bits per heavy atom. The van der Waals surface area contributed by atoms with Crippen LogP contribution in [0.1, 0.15) is 38.7 Å². The summed E-state index contributed by atoms with van der Waals surface area (Å²) < 4.78 is 0. The first-order valence-corrected chi connectivity index (χ1v) is 7.54. The molecule has 108 valence electrons. The highest BCUT2D eigenvalue weighted by Crippen LogP contribution is 2.21. The van der Waals surface area contributed by atoms with Crippen molar-refractivity contribution in [1.82, 2.24) is 10.2 Å². The molecule has 0 unspecified atom stereocenters. The van der Waals surface area contributed by atoms with E-state index < -0.39 is 6.04 Å². The van der Waals surface area contributed by atoms with E-state index in [1.54, 1.807) is 20.8 Å². The minimum absolute atomic E-state index is 0.0547. The van der Waals surface area contributed by atoms with Gasteiger partial charge in [0, 0.05) is 6.04 Å². The second-order valence-corrected chi connectivity index (χ2v) is 6.02. The molecular formula is C14H18N2O3S. The number of imide groups is 1. The molecule has 2 atom stereocenters. The van der Waals surface area contributed by atoms with Gasteiger partial charge >= 0.3 is 0 Å². The van der Waals surface area contributed by atoms with Gasteiger partial charge in [-0.05, 0) is 43.2 Å². The molecule has 0 aromatic carbocycles. The second kappa shape index (κ2) is 5.75. The number of hydrogen-bond donors (Lipinski definition) is 1. The van der Waals surface area contributed by atoms with Crippen molar-refractivity contribution >= 4 is 29.1 Å². The first-order chi connectivity index (χ1) is 9.41. The lowest BCUT2D eigenvalue weighted by atomic mass is 10.0. The summed E-state index contributed by atoms with van der Waals surface area (Å²) in [6, 6.07) is 0.987. The summed E-state index contributed by atoms with van der Waals surface area (Å²) >= 11 is 1.52. The van der Waals surface area contributed by atoms with Crippen LogP contribution in [-0.2, 0) is 14.4 Å². The van der Waals surface area contributed by atoms with Gasteiger partial charge in [0.1, 0.15) is 6.04 Å². The standard InChI is InChI=1S/C14H18N2O3S/c1-8(2)16-12(17)6-11(14(16)19)15-13(18)9(3)10-4-5-20-7-10/h4-5,7-9,11H,6H2,1-3H3,(H,15,18)/t9-,11+/m0/s1. The number of nitrogens with one attached hydrogen (secondary N) is 1. The van der Waals surface area contributed by atoms with E-state index >= 15 is 0 Å². The number of rotatable bonds is 4. The van der Waals surface area contributed by atoms with Gasteiger partial charge in [0.2, 0.25) is 11.8 Å². The minimum atomic E-state index is -0.724. The third-order valence-corrected chi connectivity index (χ3v) is 4.15. The van der Waals surface area contributed by atoms with Crippen LogP contribution in [0.5, 0.6) is 0 Å². The summed E-state index contributed by atoms with van der Waals surface area (Å²) in [5.74, 6) is -1.08. The van der Waals surface area contributed by atoms with Gasteiger partial charge in [-0.3, -0.25) is 19.3 Å². The monoisotopic (exact) mass is 294 g/mol. The quantitative estimate of drug-likeness (QED) is 0.856. The van der Waals surface area contributed by atoms with Gasteiger partial charge in [-0.1, -0.05) is 0 Å². The van der Waals surface area contributed by atoms with Crippen molar-refractivity contribution < 1.29 is 14.4 Å². The molecule has 1 aromatic rings. The maximum atomic E-state index is 12.1. The number of amides is 3. The van der Waals surface area contributed by atoms with Crippen molar-refractivity contribution in [3.05, 3.63) is 22.4 Å². The average Bonchev–Trinajstić information content (AvgIpc) is 2.97. The van der Waals surface area contributed by atoms with Crippen molar-refractivity contribution in [2.75, 3.05) is 0 Å². The number of thiophene rings is 1. The summed E-state index contributed by atoms with van der Waals surface area (Å²) in [5, 5.41) is 6.50. The Hall–Kier alpha value is -1.69. The van der Waals surface area contributed by atoms with Crippen LogP contribution in [0.2, 0.25) is 0 Å². The normalized spacial score (nSPS) is 20.6. The molecule has 1 N–H and O–H groups in total. The molecule has 0 radical (unpaired) electrons. The molecule has 1 saturated heterocycles. The van der Waals surface area contributed by atoms with Gasteiger partial charge in [0.15, 0.2) is 0 Å². The third kappa shape index (κ3) is 2.75. The first kappa shape index (κ1) is 14.7. The largest absolute Gasteiger partial charge is 0.343 e. The van der Waals surface area contributed by atoms with Gasteiger partial charge in [-0.25, -0.2) is 0 Å². The van der Waals surface area contributed by atoms with Gasteiger partial charge in [-0.15, -0.1) is 0 Å². The van der Waals surface area contributed by atoms with Crippen LogP contribution in [-0.4, -0.2) is 34.7 Å². The van der Waals surface area contributed by atoms with E-state index in [2.05, 4.69) is 5.32 Å². The molecule has 0 saturated carbocycles. The molecule has 2 heterocycles. The average molecular weight is 294 g/mol. The van der Waals surface area contributed by atoms with Gasteiger partial charge in [-0.2, -0.15) is 11.3 Å². The first-order valence-electron chi connectivity index (χ1n) is 6.60. The maximum absolute atomic E-state index is 12.1. The summed E-state index contributed by atoms with van der Waals surface area (Å²) in [6.45, 7) is 5.36. The highest BCUT2D eigenvalue weighted by molar-refractivity contribution is 7.08. The Labute approximate surface area is 122 Å². The molecule has 5 nitrogen and oxygen atoms in total. The van der Waals surface area contributed by atoms with Crippen LogP contribution >= 0.6 is 11.3 Å². The number of carbonyl (C=O) groups is 3. The molecule has 1 aromatic heterocycles. The molecule has 2 rings (SSSR count). The predicted molar refractivity (Wildman–Crippen MR) is 76.3 cm³/mol. The van der Waals surface area contributed by atoms with Crippen LogP contribution in [0.3, 0.4) is 0 Å². The SMILES string of the molecule is CC(C)N1C(=O)C[C@@H](NC(=O)[C@@H](C)c2ccsc2)C1=O. The number of carbonyl (C=O) groups excluding carboxylic acids is 3. The number of hydrogen-bond acceptors (Lipinski definition) is 4. The van der Waals surface area contributed by atoms with Crippen molar-refractivity contribution in [3.8, 4) is 0 Å². The molecule has 1 fully saturated rings.